The van der Waals surface area contributed by atoms with Crippen LogP contribution in [0.25, 0.3) is 0 Å². The summed E-state index contributed by atoms with van der Waals surface area (Å²) in [5, 5.41) is 13.5. The van der Waals surface area contributed by atoms with E-state index < -0.39 is 12.1 Å². The van der Waals surface area contributed by atoms with Gasteiger partial charge < -0.3 is 16.2 Å². The lowest BCUT2D eigenvalue weighted by molar-refractivity contribution is -0.130. The molecule has 4 nitrogen and oxygen atoms in total. The van der Waals surface area contributed by atoms with E-state index in [1.165, 1.54) is 19.3 Å². The lowest BCUT2D eigenvalue weighted by atomic mass is 9.84. The van der Waals surface area contributed by atoms with Gasteiger partial charge in [-0.2, -0.15) is 0 Å². The van der Waals surface area contributed by atoms with Crippen LogP contribution in [0.2, 0.25) is 5.02 Å². The minimum absolute atomic E-state index is 0.389. The minimum Gasteiger partial charge on any atom is -0.382 e. The van der Waals surface area contributed by atoms with Gasteiger partial charge in [0.2, 0.25) is 5.91 Å². The second kappa shape index (κ2) is 9.26. The average molecular weight is 339 g/mol. The van der Waals surface area contributed by atoms with E-state index in [0.29, 0.717) is 23.9 Å². The van der Waals surface area contributed by atoms with Crippen LogP contribution in [0.4, 0.5) is 0 Å². The van der Waals surface area contributed by atoms with E-state index in [4.69, 9.17) is 17.3 Å². The summed E-state index contributed by atoms with van der Waals surface area (Å²) in [4.78, 5) is 12.0. The summed E-state index contributed by atoms with van der Waals surface area (Å²) in [7, 11) is 0. The summed E-state index contributed by atoms with van der Waals surface area (Å²) in [5.74, 6) is 0.157. The first-order valence-corrected chi connectivity index (χ1v) is 8.90. The smallest absolute Gasteiger partial charge is 0.250 e. The zero-order valence-corrected chi connectivity index (χ0v) is 14.3. The van der Waals surface area contributed by atoms with E-state index >= 15 is 0 Å². The number of carbonyl (C=O) groups excluding carboxylic acids is 1. The predicted molar refractivity (Wildman–Crippen MR) is 93.3 cm³/mol. The Balaban J connectivity index is 1.72. The number of benzene rings is 1. The highest BCUT2D eigenvalue weighted by Crippen LogP contribution is 2.27. The average Bonchev–Trinajstić information content (AvgIpc) is 2.56. The zero-order chi connectivity index (χ0) is 16.7. The molecule has 0 aromatic heterocycles. The Labute approximate surface area is 143 Å². The summed E-state index contributed by atoms with van der Waals surface area (Å²) >= 11 is 6.08. The molecule has 1 aromatic carbocycles. The van der Waals surface area contributed by atoms with Gasteiger partial charge in [0.1, 0.15) is 6.10 Å². The van der Waals surface area contributed by atoms with Gasteiger partial charge in [0.15, 0.2) is 0 Å². The van der Waals surface area contributed by atoms with Crippen LogP contribution in [-0.4, -0.2) is 29.7 Å². The molecule has 1 aliphatic carbocycles. The Morgan fingerprint density at radius 1 is 1.30 bits per heavy atom. The fourth-order valence-electron chi connectivity index (χ4n) is 3.26. The molecule has 2 rings (SSSR count). The number of halogens is 1. The Bertz CT molecular complexity index is 504. The Morgan fingerprint density at radius 2 is 2.00 bits per heavy atom. The van der Waals surface area contributed by atoms with E-state index in [1.54, 1.807) is 0 Å². The van der Waals surface area contributed by atoms with E-state index in [2.05, 4.69) is 5.32 Å². The van der Waals surface area contributed by atoms with Crippen molar-refractivity contribution in [2.75, 3.05) is 6.54 Å². The van der Waals surface area contributed by atoms with Crippen molar-refractivity contribution < 1.29 is 9.90 Å². The van der Waals surface area contributed by atoms with Crippen LogP contribution in [0.15, 0.2) is 24.3 Å². The number of nitrogens with two attached hydrogens (primary N) is 1. The number of hydrogen-bond donors (Lipinski definition) is 3. The molecular weight excluding hydrogens is 312 g/mol. The Kier molecular flexibility index (Phi) is 7.34. The molecule has 0 spiro atoms. The Hall–Kier alpha value is -1.10. The SMILES string of the molecule is N[C@H](CC1CCCCC1)C(O)C(=O)NCCc1ccccc1Cl. The third-order valence-electron chi connectivity index (χ3n) is 4.66. The lowest BCUT2D eigenvalue weighted by Gasteiger charge is -2.26. The number of carbonyl (C=O) groups is 1. The molecule has 23 heavy (non-hydrogen) atoms. The molecule has 0 bridgehead atoms. The highest BCUT2D eigenvalue weighted by Gasteiger charge is 2.26. The molecule has 4 N–H and O–H groups in total. The highest BCUT2D eigenvalue weighted by molar-refractivity contribution is 6.31. The van der Waals surface area contributed by atoms with Crippen LogP contribution >= 0.6 is 11.6 Å². The maximum atomic E-state index is 12.0. The third kappa shape index (κ3) is 5.79. The van der Waals surface area contributed by atoms with Crippen LogP contribution in [0.1, 0.15) is 44.1 Å². The van der Waals surface area contributed by atoms with Crippen molar-refractivity contribution >= 4 is 17.5 Å². The third-order valence-corrected chi connectivity index (χ3v) is 5.02. The molecule has 5 heteroatoms. The van der Waals surface area contributed by atoms with Crippen molar-refractivity contribution in [3.05, 3.63) is 34.9 Å². The number of aliphatic hydroxyl groups excluding tert-OH is 1. The standard InChI is InChI=1S/C18H27ClN2O2/c19-15-9-5-4-8-14(15)10-11-21-18(23)17(22)16(20)12-13-6-2-1-3-7-13/h4-5,8-9,13,16-17,22H,1-3,6-7,10-12,20H2,(H,21,23)/t16-,17?/m1/s1. The molecule has 0 heterocycles. The van der Waals surface area contributed by atoms with Crippen LogP contribution < -0.4 is 11.1 Å². The van der Waals surface area contributed by atoms with Crippen LogP contribution in [-0.2, 0) is 11.2 Å². The Morgan fingerprint density at radius 3 is 2.70 bits per heavy atom. The van der Waals surface area contributed by atoms with Crippen molar-refractivity contribution in [3.63, 3.8) is 0 Å². The van der Waals surface area contributed by atoms with Crippen molar-refractivity contribution in [1.82, 2.24) is 5.32 Å². The number of rotatable bonds is 7. The van der Waals surface area contributed by atoms with Crippen molar-refractivity contribution in [2.24, 2.45) is 11.7 Å². The molecule has 1 fully saturated rings. The number of amides is 1. The number of hydrogen-bond acceptors (Lipinski definition) is 3. The molecule has 0 aliphatic heterocycles. The van der Waals surface area contributed by atoms with Gasteiger partial charge in [-0.3, -0.25) is 4.79 Å². The molecule has 2 atom stereocenters. The van der Waals surface area contributed by atoms with Gasteiger partial charge in [0.05, 0.1) is 0 Å². The van der Waals surface area contributed by atoms with Gasteiger partial charge in [-0.15, -0.1) is 0 Å². The second-order valence-electron chi connectivity index (χ2n) is 6.48. The molecule has 1 aliphatic rings. The largest absolute Gasteiger partial charge is 0.382 e. The summed E-state index contributed by atoms with van der Waals surface area (Å²) in [6.07, 6.45) is 6.30. The second-order valence-corrected chi connectivity index (χ2v) is 6.89. The minimum atomic E-state index is -1.14. The normalized spacial score (nSPS) is 18.4. The van der Waals surface area contributed by atoms with Gasteiger partial charge in [-0.1, -0.05) is 61.9 Å². The summed E-state index contributed by atoms with van der Waals surface area (Å²) in [6.45, 7) is 0.440. The molecule has 1 unspecified atom stereocenters. The fraction of sp³-hybridized carbons (Fsp3) is 0.611. The van der Waals surface area contributed by atoms with E-state index in [-0.39, 0.29) is 5.91 Å². The van der Waals surface area contributed by atoms with Crippen molar-refractivity contribution in [3.8, 4) is 0 Å². The summed E-state index contributed by atoms with van der Waals surface area (Å²) in [6, 6.07) is 7.06. The molecule has 128 valence electrons. The van der Waals surface area contributed by atoms with Gasteiger partial charge >= 0.3 is 0 Å². The number of aliphatic hydroxyl groups is 1. The lowest BCUT2D eigenvalue weighted by Crippen LogP contribution is -2.47. The van der Waals surface area contributed by atoms with Crippen molar-refractivity contribution in [1.29, 1.82) is 0 Å². The van der Waals surface area contributed by atoms with Crippen LogP contribution in [0.3, 0.4) is 0 Å². The monoisotopic (exact) mass is 338 g/mol. The highest BCUT2D eigenvalue weighted by atomic mass is 35.5. The molecular formula is C18H27ClN2O2. The molecule has 1 aromatic rings. The first-order valence-electron chi connectivity index (χ1n) is 8.52. The molecule has 0 saturated heterocycles. The first kappa shape index (κ1) is 18.2. The van der Waals surface area contributed by atoms with E-state index in [1.807, 2.05) is 24.3 Å². The predicted octanol–water partition coefficient (Wildman–Crippen LogP) is 2.66. The van der Waals surface area contributed by atoms with Gasteiger partial charge in [0.25, 0.3) is 0 Å². The molecule has 1 saturated carbocycles. The van der Waals surface area contributed by atoms with Crippen LogP contribution in [0.5, 0.6) is 0 Å². The maximum absolute atomic E-state index is 12.0. The fourth-order valence-corrected chi connectivity index (χ4v) is 3.49. The van der Waals surface area contributed by atoms with Crippen molar-refractivity contribution in [2.45, 2.75) is 57.1 Å². The maximum Gasteiger partial charge on any atom is 0.250 e. The zero-order valence-electron chi connectivity index (χ0n) is 13.5. The molecule has 1 amide bonds. The van der Waals surface area contributed by atoms with E-state index in [0.717, 1.165) is 24.8 Å². The van der Waals surface area contributed by atoms with Gasteiger partial charge in [-0.25, -0.2) is 0 Å². The quantitative estimate of drug-likeness (QED) is 0.715. The first-order chi connectivity index (χ1) is 11.1. The van der Waals surface area contributed by atoms with E-state index in [9.17, 15) is 9.90 Å². The van der Waals surface area contributed by atoms with Crippen LogP contribution in [0, 0.1) is 5.92 Å². The summed E-state index contributed by atoms with van der Waals surface area (Å²) < 4.78 is 0. The van der Waals surface area contributed by atoms with Gasteiger partial charge in [0, 0.05) is 17.6 Å². The summed E-state index contributed by atoms with van der Waals surface area (Å²) in [5.41, 5.74) is 7.01. The molecule has 0 radical (unpaired) electrons. The van der Waals surface area contributed by atoms with Gasteiger partial charge in [-0.05, 0) is 30.4 Å². The number of nitrogens with one attached hydrogen (secondary N) is 1. The topological polar surface area (TPSA) is 75.3 Å².